The summed E-state index contributed by atoms with van der Waals surface area (Å²) in [5.41, 5.74) is 5.04. The van der Waals surface area contributed by atoms with E-state index in [2.05, 4.69) is 23.9 Å². The van der Waals surface area contributed by atoms with Crippen LogP contribution in [-0.2, 0) is 28.2 Å². The average Bonchev–Trinajstić information content (AvgIpc) is 3.53. The summed E-state index contributed by atoms with van der Waals surface area (Å²) in [6, 6.07) is 0.687. The smallest absolute Gasteiger partial charge is 0.353 e. The molecule has 1 fully saturated rings. The lowest BCUT2D eigenvalue weighted by Gasteiger charge is -2.19. The molecule has 0 aliphatic heterocycles. The van der Waals surface area contributed by atoms with Crippen LogP contribution in [-0.4, -0.2) is 47.4 Å². The molecule has 1 aliphatic carbocycles. The molecule has 1 saturated carbocycles. The fourth-order valence-electron chi connectivity index (χ4n) is 3.83. The number of aromatic nitrogens is 2. The summed E-state index contributed by atoms with van der Waals surface area (Å²) in [4.78, 5) is 40.2. The summed E-state index contributed by atoms with van der Waals surface area (Å²) in [6.07, 6.45) is 7.57. The summed E-state index contributed by atoms with van der Waals surface area (Å²) >= 11 is 0. The molecule has 1 unspecified atom stereocenters. The van der Waals surface area contributed by atoms with E-state index in [-0.39, 0.29) is 30.9 Å². The standard InChI is InChI=1S/C25H41N4O7P/c1-6-8-19(9-7-2)14-34-23(31)18(5)28-37(33)36-16-25(15-35-22(30)17(3)4)12-20(25)13-29-11-10-21(26)27-24(29)32/h10-11,13,17-19,37H,6-9,12,14-16H2,1-5H3,(H,28,33)(H2,26,27,32)/b20-13-/t18-,25-/m0/s1. The van der Waals surface area contributed by atoms with Gasteiger partial charge in [-0.3, -0.25) is 18.7 Å². The van der Waals surface area contributed by atoms with E-state index in [0.29, 0.717) is 18.9 Å². The largest absolute Gasteiger partial charge is 0.464 e. The lowest BCUT2D eigenvalue weighted by atomic mass is 9.99. The molecule has 1 heterocycles. The van der Waals surface area contributed by atoms with Crippen molar-refractivity contribution < 1.29 is 28.2 Å². The lowest BCUT2D eigenvalue weighted by molar-refractivity contribution is -0.149. The van der Waals surface area contributed by atoms with Gasteiger partial charge in [0.15, 0.2) is 0 Å². The van der Waals surface area contributed by atoms with Gasteiger partial charge in [-0.05, 0) is 43.7 Å². The second-order valence-electron chi connectivity index (χ2n) is 9.93. The summed E-state index contributed by atoms with van der Waals surface area (Å²) in [6.45, 7) is 9.55. The van der Waals surface area contributed by atoms with Crippen molar-refractivity contribution in [1.29, 1.82) is 0 Å². The fourth-order valence-corrected chi connectivity index (χ4v) is 4.80. The first-order valence-corrected chi connectivity index (χ1v) is 14.1. The molecular formula is C25H41N4O7P. The molecular weight excluding hydrogens is 499 g/mol. The SMILES string of the molecule is CCCC(CCC)COC(=O)[C@H](C)N[PH](=O)OC[C@@]1(COC(=O)C(C)C)C/C1=C/n1ccc(N)nc1=O. The Morgan fingerprint density at radius 1 is 1.19 bits per heavy atom. The highest BCUT2D eigenvalue weighted by Crippen LogP contribution is 2.54. The van der Waals surface area contributed by atoms with Gasteiger partial charge in [0.2, 0.25) is 0 Å². The molecule has 12 heteroatoms. The molecule has 3 N–H and O–H groups in total. The van der Waals surface area contributed by atoms with Crippen LogP contribution in [0.15, 0.2) is 22.6 Å². The van der Waals surface area contributed by atoms with E-state index in [9.17, 15) is 18.9 Å². The molecule has 208 valence electrons. The van der Waals surface area contributed by atoms with Crippen LogP contribution in [0.3, 0.4) is 0 Å². The Morgan fingerprint density at radius 3 is 2.46 bits per heavy atom. The number of nitrogens with two attached hydrogens (primary N) is 1. The maximum absolute atomic E-state index is 12.6. The maximum atomic E-state index is 12.6. The zero-order valence-corrected chi connectivity index (χ0v) is 23.5. The number of nitrogen functional groups attached to an aromatic ring is 1. The molecule has 0 bridgehead atoms. The molecule has 1 aromatic rings. The molecule has 2 rings (SSSR count). The highest BCUT2D eigenvalue weighted by molar-refractivity contribution is 7.36. The lowest BCUT2D eigenvalue weighted by Crippen LogP contribution is -2.33. The monoisotopic (exact) mass is 540 g/mol. The van der Waals surface area contributed by atoms with Crippen LogP contribution in [0.1, 0.15) is 66.7 Å². The minimum atomic E-state index is -2.81. The van der Waals surface area contributed by atoms with Crippen molar-refractivity contribution in [2.45, 2.75) is 72.8 Å². The molecule has 0 aromatic carbocycles. The Bertz CT molecular complexity index is 1040. The predicted octanol–water partition coefficient (Wildman–Crippen LogP) is 3.40. The summed E-state index contributed by atoms with van der Waals surface area (Å²) in [5.74, 6) is -0.739. The summed E-state index contributed by atoms with van der Waals surface area (Å²) in [7, 11) is -2.81. The third-order valence-corrected chi connectivity index (χ3v) is 7.29. The van der Waals surface area contributed by atoms with E-state index >= 15 is 0 Å². The number of ether oxygens (including phenoxy) is 2. The van der Waals surface area contributed by atoms with Gasteiger partial charge in [-0.15, -0.1) is 0 Å². The van der Waals surface area contributed by atoms with Gasteiger partial charge in [-0.25, -0.2) is 9.88 Å². The number of hydrogen-bond acceptors (Lipinski definition) is 9. The van der Waals surface area contributed by atoms with E-state index in [4.69, 9.17) is 19.7 Å². The molecule has 3 atom stereocenters. The van der Waals surface area contributed by atoms with E-state index in [1.165, 1.54) is 16.8 Å². The number of hydrogen-bond donors (Lipinski definition) is 2. The van der Waals surface area contributed by atoms with Crippen molar-refractivity contribution in [3.8, 4) is 0 Å². The quantitative estimate of drug-likeness (QED) is 0.236. The normalized spacial score (nSPS) is 19.7. The van der Waals surface area contributed by atoms with Gasteiger partial charge in [0.25, 0.3) is 8.18 Å². The van der Waals surface area contributed by atoms with Crippen LogP contribution in [0.2, 0.25) is 0 Å². The molecule has 0 saturated heterocycles. The number of nitrogens with one attached hydrogen (secondary N) is 1. The van der Waals surface area contributed by atoms with Gasteiger partial charge < -0.3 is 19.7 Å². The van der Waals surface area contributed by atoms with Crippen molar-refractivity contribution >= 4 is 32.1 Å². The molecule has 1 aliphatic rings. The first-order chi connectivity index (χ1) is 17.5. The third kappa shape index (κ3) is 9.72. The van der Waals surface area contributed by atoms with Gasteiger partial charge in [0.05, 0.1) is 24.5 Å². The van der Waals surface area contributed by atoms with Gasteiger partial charge >= 0.3 is 17.6 Å². The Kier molecular flexibility index (Phi) is 12.0. The summed E-state index contributed by atoms with van der Waals surface area (Å²) < 4.78 is 30.3. The second-order valence-corrected chi connectivity index (χ2v) is 11.1. The molecule has 11 nitrogen and oxygen atoms in total. The Morgan fingerprint density at radius 2 is 1.86 bits per heavy atom. The van der Waals surface area contributed by atoms with Crippen molar-refractivity contribution in [3.63, 3.8) is 0 Å². The van der Waals surface area contributed by atoms with Gasteiger partial charge in [0, 0.05) is 12.4 Å². The highest BCUT2D eigenvalue weighted by Gasteiger charge is 2.51. The first kappa shape index (κ1) is 30.7. The molecule has 0 amide bonds. The van der Waals surface area contributed by atoms with E-state index in [1.807, 2.05) is 0 Å². The van der Waals surface area contributed by atoms with Crippen molar-refractivity contribution in [2.24, 2.45) is 17.3 Å². The third-order valence-electron chi connectivity index (χ3n) is 6.22. The Balaban J connectivity index is 1.98. The number of rotatable bonds is 16. The van der Waals surface area contributed by atoms with Crippen molar-refractivity contribution in [2.75, 3.05) is 25.6 Å². The number of anilines is 1. The zero-order chi connectivity index (χ0) is 27.6. The van der Waals surface area contributed by atoms with Gasteiger partial charge in [-0.1, -0.05) is 40.5 Å². The van der Waals surface area contributed by atoms with Crippen LogP contribution in [0.4, 0.5) is 5.82 Å². The second kappa shape index (κ2) is 14.4. The number of nitrogens with zero attached hydrogens (tertiary/aromatic N) is 2. The minimum Gasteiger partial charge on any atom is -0.464 e. The van der Waals surface area contributed by atoms with E-state index in [1.54, 1.807) is 27.0 Å². The number of carbonyl (C=O) groups excluding carboxylic acids is 2. The van der Waals surface area contributed by atoms with Crippen LogP contribution in [0, 0.1) is 17.3 Å². The number of carbonyl (C=O) groups is 2. The first-order valence-electron chi connectivity index (χ1n) is 12.8. The van der Waals surface area contributed by atoms with Crippen molar-refractivity contribution in [1.82, 2.24) is 14.6 Å². The van der Waals surface area contributed by atoms with Crippen LogP contribution in [0.5, 0.6) is 0 Å². The van der Waals surface area contributed by atoms with Gasteiger partial charge in [0.1, 0.15) is 18.5 Å². The maximum Gasteiger partial charge on any atom is 0.353 e. The summed E-state index contributed by atoms with van der Waals surface area (Å²) in [5, 5.41) is 2.67. The minimum absolute atomic E-state index is 0.00991. The zero-order valence-electron chi connectivity index (χ0n) is 22.5. The fraction of sp³-hybridized carbons (Fsp3) is 0.680. The topological polar surface area (TPSA) is 152 Å². The van der Waals surface area contributed by atoms with Crippen LogP contribution < -0.4 is 16.5 Å². The molecule has 1 aromatic heterocycles. The molecule has 0 spiro atoms. The highest BCUT2D eigenvalue weighted by atomic mass is 31.1. The Hall–Kier alpha value is -2.49. The Labute approximate surface area is 219 Å². The van der Waals surface area contributed by atoms with Crippen molar-refractivity contribution in [3.05, 3.63) is 28.3 Å². The van der Waals surface area contributed by atoms with Gasteiger partial charge in [-0.2, -0.15) is 4.98 Å². The van der Waals surface area contributed by atoms with E-state index in [0.717, 1.165) is 31.3 Å². The predicted molar refractivity (Wildman–Crippen MR) is 142 cm³/mol. The van der Waals surface area contributed by atoms with Crippen LogP contribution in [0.25, 0.3) is 6.20 Å². The average molecular weight is 541 g/mol. The molecule has 37 heavy (non-hydrogen) atoms. The van der Waals surface area contributed by atoms with Crippen LogP contribution >= 0.6 is 8.18 Å². The molecule has 0 radical (unpaired) electrons. The van der Waals surface area contributed by atoms with E-state index < -0.39 is 31.3 Å². The number of esters is 2.